The van der Waals surface area contributed by atoms with Crippen molar-refractivity contribution in [3.63, 3.8) is 0 Å². The Labute approximate surface area is 784 Å². The molecule has 0 aromatic carbocycles. The summed E-state index contributed by atoms with van der Waals surface area (Å²) in [4.78, 5) is 164. The SMILES string of the molecule is CC(C)(Br)CC(=O)NCC(CNC(=O)C(C)(C)Br)(CNC(=O)C(C)(C)Br)COCCC(=O)NCC(CNC(=O)CCOCC(CNC(=O)C(C)(C)Br)(CNC(=O)C(C)(C)Br)CNC(=O)C(C)(C)Br)(CNC(=O)CCOCC(CNC(=O)C(C)(C)Br)(CNC(=O)C(C)(C)Br)CNC(=O)C(C)(C)Br)COCCOCCOCCOCCOCC(O)CO. The van der Waals surface area contributed by atoms with Crippen LogP contribution >= 0.6 is 143 Å². The van der Waals surface area contributed by atoms with Gasteiger partial charge in [-0.1, -0.05) is 143 Å². The Morgan fingerprint density at radius 1 is 0.250 bits per heavy atom. The molecule has 34 nitrogen and oxygen atoms in total. The van der Waals surface area contributed by atoms with E-state index >= 15 is 0 Å². The Morgan fingerprint density at radius 3 is 0.600 bits per heavy atom. The highest BCUT2D eigenvalue weighted by Gasteiger charge is 2.42. The van der Waals surface area contributed by atoms with Gasteiger partial charge in [-0.3, -0.25) is 57.5 Å². The molecule has 120 heavy (non-hydrogen) atoms. The highest BCUT2D eigenvalue weighted by Crippen LogP contribution is 2.29. The normalized spacial score (nSPS) is 13.3. The minimum atomic E-state index is -1.41. The van der Waals surface area contributed by atoms with Gasteiger partial charge in [0.25, 0.3) is 0 Å². The van der Waals surface area contributed by atoms with Crippen LogP contribution in [0, 0.1) is 21.7 Å². The minimum absolute atomic E-state index is 0.0289. The van der Waals surface area contributed by atoms with Crippen LogP contribution in [0.4, 0.5) is 0 Å². The second kappa shape index (κ2) is 55.4. The number of carbonyl (C=O) groups is 12. The third-order valence-corrected chi connectivity index (χ3v) is 20.8. The molecular formula is C77H135Br9N12O22. The van der Waals surface area contributed by atoms with Gasteiger partial charge in [0.2, 0.25) is 70.9 Å². The molecule has 0 aromatic rings. The molecule has 0 aliphatic heterocycles. The fraction of sp³-hybridized carbons (Fsp3) is 0.844. The topological polar surface area (TPSA) is 464 Å². The molecule has 14 N–H and O–H groups in total. The maximum absolute atomic E-state index is 14.4. The van der Waals surface area contributed by atoms with E-state index in [1.54, 1.807) is 111 Å². The Balaban J connectivity index is 7.94. The number of halogens is 9. The van der Waals surface area contributed by atoms with E-state index in [1.165, 1.54) is 0 Å². The van der Waals surface area contributed by atoms with Gasteiger partial charge in [-0.25, -0.2) is 0 Å². The summed E-state index contributed by atoms with van der Waals surface area (Å²) in [6.45, 7) is 27.3. The summed E-state index contributed by atoms with van der Waals surface area (Å²) in [5.74, 6) is -5.30. The van der Waals surface area contributed by atoms with Gasteiger partial charge in [-0.15, -0.1) is 0 Å². The maximum Gasteiger partial charge on any atom is 0.236 e. The van der Waals surface area contributed by atoms with E-state index < -0.39 is 138 Å². The van der Waals surface area contributed by atoms with Gasteiger partial charge in [0.1, 0.15) is 6.10 Å². The van der Waals surface area contributed by atoms with E-state index in [0.29, 0.717) is 0 Å². The monoisotopic (exact) mass is 2290 g/mol. The number of hydrogen-bond donors (Lipinski definition) is 14. The van der Waals surface area contributed by atoms with Crippen LogP contribution in [0.25, 0.3) is 0 Å². The van der Waals surface area contributed by atoms with Crippen LogP contribution in [-0.4, -0.2) is 317 Å². The molecule has 0 rings (SSSR count). The smallest absolute Gasteiger partial charge is 0.236 e. The highest BCUT2D eigenvalue weighted by atomic mass is 79.9. The first-order valence-corrected chi connectivity index (χ1v) is 46.5. The summed E-state index contributed by atoms with van der Waals surface area (Å²) < 4.78 is 38.6. The number of alkyl halides is 9. The lowest BCUT2D eigenvalue weighted by atomic mass is 9.87. The molecule has 0 heterocycles. The fourth-order valence-electron chi connectivity index (χ4n) is 9.74. The summed E-state index contributed by atoms with van der Waals surface area (Å²) in [5.41, 5.74) is -5.04. The average Bonchev–Trinajstić information content (AvgIpc) is 0.833. The molecule has 43 heteroatoms. The van der Waals surface area contributed by atoms with Gasteiger partial charge < -0.3 is 112 Å². The Kier molecular flexibility index (Phi) is 54.3. The van der Waals surface area contributed by atoms with E-state index in [4.69, 9.17) is 43.0 Å². The van der Waals surface area contributed by atoms with Gasteiger partial charge >= 0.3 is 0 Å². The van der Waals surface area contributed by atoms with Crippen LogP contribution in [0.2, 0.25) is 0 Å². The Bertz CT molecular complexity index is 2900. The molecular weight excluding hydrogens is 2160 g/mol. The number of ether oxygens (including phenoxy) is 8. The van der Waals surface area contributed by atoms with Crippen LogP contribution < -0.4 is 63.8 Å². The molecule has 0 aliphatic rings. The third-order valence-electron chi connectivity index (χ3n) is 17.6. The van der Waals surface area contributed by atoms with Crippen molar-refractivity contribution in [3.05, 3.63) is 0 Å². The van der Waals surface area contributed by atoms with Crippen molar-refractivity contribution in [1.29, 1.82) is 0 Å². The summed E-state index contributed by atoms with van der Waals surface area (Å²) in [5, 5.41) is 53.5. The number of amides is 12. The number of aliphatic hydroxyl groups excluding tert-OH is 2. The van der Waals surface area contributed by atoms with E-state index in [0.717, 1.165) is 0 Å². The van der Waals surface area contributed by atoms with Crippen LogP contribution in [0.3, 0.4) is 0 Å². The lowest BCUT2D eigenvalue weighted by Gasteiger charge is -2.36. The number of hydrogen-bond acceptors (Lipinski definition) is 22. The third kappa shape index (κ3) is 54.0. The molecule has 0 radical (unpaired) electrons. The van der Waals surface area contributed by atoms with Crippen LogP contribution in [0.5, 0.6) is 0 Å². The average molecular weight is 2300 g/mol. The standard InChI is InChI=1S/C77H135Br9N12O22/c1-65(2,78)33-56(104)90-39-75(40-91-57(105)66(3,4)79,41-92-58(106)67(5,6)80)48-117-22-19-53(101)87-36-74(51-120-32-30-115-28-26-113-25-27-114-29-31-116-35-52(100)34-99,37-88-54(102)20-23-118-49-76(42-93-59(107)68(7,8)81,43-94-60(108)69(9,10)82)44-95-61(109)70(11,12)83)38-89-55(103)21-24-119-50-77(45-96-62(110)71(13,14)84,46-97-63(111)72(15,16)85)47-98-64(112)73(17,18)86/h52,99-100H,19-51H2,1-18H3,(H,87,101)(H,88,102)(H,89,103)(H,90,104)(H,91,105)(H,92,106)(H,93,107)(H,94,108)(H,95,109)(H,96,110)(H,97,111)(H,98,112). The maximum atomic E-state index is 14.4. The Hall–Kier alpha value is -2.44. The predicted octanol–water partition coefficient (Wildman–Crippen LogP) is 4.93. The van der Waals surface area contributed by atoms with Gasteiger partial charge in [0.05, 0.1) is 147 Å². The van der Waals surface area contributed by atoms with Gasteiger partial charge in [0.15, 0.2) is 0 Å². The molecule has 0 aromatic heterocycles. The second-order valence-electron chi connectivity index (χ2n) is 34.5. The predicted molar refractivity (Wildman–Crippen MR) is 491 cm³/mol. The van der Waals surface area contributed by atoms with Gasteiger partial charge in [0, 0.05) is 130 Å². The molecule has 0 aliphatic carbocycles. The molecule has 12 amide bonds. The summed E-state index contributed by atoms with van der Waals surface area (Å²) in [7, 11) is 0. The van der Waals surface area contributed by atoms with Gasteiger partial charge in [-0.05, 0) is 125 Å². The molecule has 1 atom stereocenters. The highest BCUT2D eigenvalue weighted by molar-refractivity contribution is 9.11. The zero-order valence-electron chi connectivity index (χ0n) is 72.9. The van der Waals surface area contributed by atoms with Crippen LogP contribution in [-0.2, 0) is 95.4 Å². The summed E-state index contributed by atoms with van der Waals surface area (Å²) in [6.07, 6.45) is -1.80. The van der Waals surface area contributed by atoms with Crippen molar-refractivity contribution in [3.8, 4) is 0 Å². The van der Waals surface area contributed by atoms with Crippen LogP contribution in [0.15, 0.2) is 0 Å². The largest absolute Gasteiger partial charge is 0.394 e. The molecule has 1 unspecified atom stereocenters. The number of aliphatic hydroxyl groups is 2. The molecule has 0 fully saturated rings. The first-order chi connectivity index (χ1) is 54.9. The first kappa shape index (κ1) is 118. The second-order valence-corrected chi connectivity index (χ2v) is 52.5. The zero-order chi connectivity index (χ0) is 92.5. The van der Waals surface area contributed by atoms with Crippen molar-refractivity contribution in [2.24, 2.45) is 21.7 Å². The summed E-state index contributed by atoms with van der Waals surface area (Å²) in [6, 6.07) is 0. The molecule has 698 valence electrons. The van der Waals surface area contributed by atoms with Crippen molar-refractivity contribution in [1.82, 2.24) is 63.8 Å². The van der Waals surface area contributed by atoms with E-state index in [2.05, 4.69) is 207 Å². The molecule has 0 bridgehead atoms. The van der Waals surface area contributed by atoms with E-state index in [1.807, 2.05) is 13.8 Å². The Morgan fingerprint density at radius 2 is 0.417 bits per heavy atom. The fourth-order valence-corrected chi connectivity index (χ4v) is 11.1. The van der Waals surface area contributed by atoms with Crippen molar-refractivity contribution in [2.45, 2.75) is 195 Å². The number of rotatable bonds is 66. The molecule has 0 saturated heterocycles. The first-order valence-electron chi connectivity index (χ1n) is 39.3. The lowest BCUT2D eigenvalue weighted by Crippen LogP contribution is -2.57. The summed E-state index contributed by atoms with van der Waals surface area (Å²) >= 11 is 30.7. The number of nitrogens with one attached hydrogen (secondary N) is 12. The van der Waals surface area contributed by atoms with Crippen molar-refractivity contribution in [2.75, 3.05) is 191 Å². The minimum Gasteiger partial charge on any atom is -0.394 e. The van der Waals surface area contributed by atoms with Crippen molar-refractivity contribution < 1.29 is 106 Å². The lowest BCUT2D eigenvalue weighted by molar-refractivity contribution is -0.126. The van der Waals surface area contributed by atoms with Crippen LogP contribution in [0.1, 0.15) is 150 Å². The van der Waals surface area contributed by atoms with E-state index in [9.17, 15) is 62.6 Å². The number of carbonyl (C=O) groups excluding carboxylic acids is 12. The molecule has 0 spiro atoms. The zero-order valence-corrected chi connectivity index (χ0v) is 87.1. The quantitative estimate of drug-likeness (QED) is 0.0283. The van der Waals surface area contributed by atoms with Crippen molar-refractivity contribution >= 4 is 214 Å². The van der Waals surface area contributed by atoms with E-state index in [-0.39, 0.29) is 216 Å². The molecule has 0 saturated carbocycles. The van der Waals surface area contributed by atoms with Gasteiger partial charge in [-0.2, -0.15) is 0 Å².